The van der Waals surface area contributed by atoms with Crippen molar-refractivity contribution in [3.63, 3.8) is 0 Å². The van der Waals surface area contributed by atoms with E-state index >= 15 is 0 Å². The maximum atomic E-state index is 14.0. The molecule has 1 saturated heterocycles. The molecule has 0 amide bonds. The maximum absolute atomic E-state index is 14.0. The number of aromatic nitrogens is 2. The fourth-order valence-corrected chi connectivity index (χ4v) is 3.45. The van der Waals surface area contributed by atoms with E-state index in [1.54, 1.807) is 12.1 Å². The van der Waals surface area contributed by atoms with E-state index in [4.69, 9.17) is 5.26 Å². The number of rotatable bonds is 3. The number of hydrogen-bond acceptors (Lipinski definition) is 3. The van der Waals surface area contributed by atoms with Crippen LogP contribution in [0.25, 0.3) is 11.0 Å². The smallest absolute Gasteiger partial charge is 0.129 e. The van der Waals surface area contributed by atoms with E-state index in [1.165, 1.54) is 6.07 Å². The average Bonchev–Trinajstić information content (AvgIpc) is 2.87. The van der Waals surface area contributed by atoms with Crippen molar-refractivity contribution in [3.8, 4) is 6.07 Å². The van der Waals surface area contributed by atoms with Crippen molar-refractivity contribution >= 4 is 11.0 Å². The van der Waals surface area contributed by atoms with Crippen molar-refractivity contribution in [1.82, 2.24) is 14.5 Å². The zero-order valence-electron chi connectivity index (χ0n) is 13.4. The Morgan fingerprint density at radius 2 is 2.04 bits per heavy atom. The minimum absolute atomic E-state index is 0.304. The van der Waals surface area contributed by atoms with E-state index in [2.05, 4.69) is 20.5 Å². The van der Waals surface area contributed by atoms with E-state index in [0.29, 0.717) is 23.7 Å². The average molecular weight is 320 g/mol. The Balaban J connectivity index is 1.48. The quantitative estimate of drug-likeness (QED) is 0.743. The zero-order valence-corrected chi connectivity index (χ0v) is 13.4. The molecule has 24 heavy (non-hydrogen) atoms. The molecule has 0 N–H and O–H groups in total. The molecule has 2 aromatic carbocycles. The predicted molar refractivity (Wildman–Crippen MR) is 89.9 cm³/mol. The summed E-state index contributed by atoms with van der Waals surface area (Å²) in [4.78, 5) is 6.82. The van der Waals surface area contributed by atoms with Crippen LogP contribution < -0.4 is 0 Å². The lowest BCUT2D eigenvalue weighted by Crippen LogP contribution is -2.47. The molecule has 1 aromatic heterocycles. The SMILES string of the molecule is Cc1nc2ccccc2n1C1CN(Cc2ccc(C#N)cc2F)C1. The molecule has 0 saturated carbocycles. The Kier molecular flexibility index (Phi) is 3.55. The summed E-state index contributed by atoms with van der Waals surface area (Å²) >= 11 is 0. The maximum Gasteiger partial charge on any atom is 0.129 e. The molecule has 0 unspecified atom stereocenters. The third-order valence-corrected chi connectivity index (χ3v) is 4.65. The highest BCUT2D eigenvalue weighted by atomic mass is 19.1. The van der Waals surface area contributed by atoms with E-state index < -0.39 is 0 Å². The monoisotopic (exact) mass is 320 g/mol. The van der Waals surface area contributed by atoms with Crippen molar-refractivity contribution in [2.24, 2.45) is 0 Å². The zero-order chi connectivity index (χ0) is 16.7. The van der Waals surface area contributed by atoms with Crippen molar-refractivity contribution in [1.29, 1.82) is 5.26 Å². The van der Waals surface area contributed by atoms with Crippen LogP contribution in [-0.4, -0.2) is 27.5 Å². The van der Waals surface area contributed by atoms with Gasteiger partial charge in [0.15, 0.2) is 0 Å². The summed E-state index contributed by atoms with van der Waals surface area (Å²) in [7, 11) is 0. The predicted octanol–water partition coefficient (Wildman–Crippen LogP) is 3.41. The first-order chi connectivity index (χ1) is 11.7. The lowest BCUT2D eigenvalue weighted by atomic mass is 10.1. The molecule has 0 atom stereocenters. The van der Waals surface area contributed by atoms with Gasteiger partial charge in [0, 0.05) is 25.2 Å². The van der Waals surface area contributed by atoms with Crippen LogP contribution in [0.4, 0.5) is 4.39 Å². The first-order valence-corrected chi connectivity index (χ1v) is 8.00. The number of nitrogens with zero attached hydrogens (tertiary/aromatic N) is 4. The van der Waals surface area contributed by atoms with Crippen molar-refractivity contribution < 1.29 is 4.39 Å². The normalized spacial score (nSPS) is 15.4. The van der Waals surface area contributed by atoms with Crippen LogP contribution >= 0.6 is 0 Å². The third kappa shape index (κ3) is 2.45. The summed E-state index contributed by atoms with van der Waals surface area (Å²) in [6.07, 6.45) is 0. The van der Waals surface area contributed by atoms with Crippen LogP contribution in [0.3, 0.4) is 0 Å². The van der Waals surface area contributed by atoms with Crippen molar-refractivity contribution in [2.75, 3.05) is 13.1 Å². The molecule has 3 aromatic rings. The molecule has 4 nitrogen and oxygen atoms in total. The molecule has 4 rings (SSSR count). The Morgan fingerprint density at radius 1 is 1.25 bits per heavy atom. The van der Waals surface area contributed by atoms with Gasteiger partial charge in [-0.15, -0.1) is 0 Å². The van der Waals surface area contributed by atoms with Gasteiger partial charge in [0.05, 0.1) is 28.7 Å². The van der Waals surface area contributed by atoms with E-state index in [-0.39, 0.29) is 5.82 Å². The minimum Gasteiger partial charge on any atom is -0.322 e. The summed E-state index contributed by atoms with van der Waals surface area (Å²) in [6.45, 7) is 4.35. The van der Waals surface area contributed by atoms with Gasteiger partial charge in [0.1, 0.15) is 11.6 Å². The Bertz CT molecular complexity index is 948. The van der Waals surface area contributed by atoms with Gasteiger partial charge in [-0.3, -0.25) is 4.90 Å². The number of hydrogen-bond donors (Lipinski definition) is 0. The van der Waals surface area contributed by atoms with Crippen molar-refractivity contribution in [2.45, 2.75) is 19.5 Å². The van der Waals surface area contributed by atoms with Gasteiger partial charge in [-0.2, -0.15) is 5.26 Å². The van der Waals surface area contributed by atoms with Crippen LogP contribution in [-0.2, 0) is 6.54 Å². The lowest BCUT2D eigenvalue weighted by molar-refractivity contribution is 0.0988. The summed E-state index contributed by atoms with van der Waals surface area (Å²) in [6, 6.07) is 15.2. The van der Waals surface area contributed by atoms with Gasteiger partial charge >= 0.3 is 0 Å². The van der Waals surface area contributed by atoms with Gasteiger partial charge in [-0.25, -0.2) is 9.37 Å². The van der Waals surface area contributed by atoms with E-state index in [0.717, 1.165) is 29.9 Å². The summed E-state index contributed by atoms with van der Waals surface area (Å²) in [5.41, 5.74) is 3.17. The van der Waals surface area contributed by atoms with E-state index in [1.807, 2.05) is 31.2 Å². The minimum atomic E-state index is -0.304. The molecule has 2 heterocycles. The topological polar surface area (TPSA) is 44.9 Å². The largest absolute Gasteiger partial charge is 0.322 e. The second-order valence-electron chi connectivity index (χ2n) is 6.28. The highest BCUT2D eigenvalue weighted by Gasteiger charge is 2.30. The number of likely N-dealkylation sites (tertiary alicyclic amines) is 1. The number of imidazole rings is 1. The number of benzene rings is 2. The lowest BCUT2D eigenvalue weighted by Gasteiger charge is -2.40. The number of para-hydroxylation sites is 2. The first-order valence-electron chi connectivity index (χ1n) is 8.00. The Hall–Kier alpha value is -2.71. The van der Waals surface area contributed by atoms with Crippen LogP contribution in [0.1, 0.15) is 23.0 Å². The fourth-order valence-electron chi connectivity index (χ4n) is 3.45. The highest BCUT2D eigenvalue weighted by molar-refractivity contribution is 5.76. The second-order valence-corrected chi connectivity index (χ2v) is 6.28. The first kappa shape index (κ1) is 14.9. The number of halogens is 1. The van der Waals surface area contributed by atoms with Gasteiger partial charge in [0.2, 0.25) is 0 Å². The Labute approximate surface area is 139 Å². The molecular weight excluding hydrogens is 303 g/mol. The van der Waals surface area contributed by atoms with Crippen LogP contribution in [0, 0.1) is 24.1 Å². The third-order valence-electron chi connectivity index (χ3n) is 4.65. The second kappa shape index (κ2) is 5.73. The Morgan fingerprint density at radius 3 is 2.79 bits per heavy atom. The molecule has 5 heteroatoms. The standard InChI is InChI=1S/C19H17FN4/c1-13-22-18-4-2-3-5-19(18)24(13)16-11-23(12-16)10-15-7-6-14(9-21)8-17(15)20/h2-8,16H,10-12H2,1H3. The molecule has 0 aliphatic carbocycles. The van der Waals surface area contributed by atoms with Crippen molar-refractivity contribution in [3.05, 3.63) is 65.2 Å². The summed E-state index contributed by atoms with van der Waals surface area (Å²) in [5.74, 6) is 0.715. The molecule has 1 aliphatic rings. The molecule has 1 aliphatic heterocycles. The van der Waals surface area contributed by atoms with Gasteiger partial charge in [-0.05, 0) is 31.2 Å². The molecule has 0 spiro atoms. The summed E-state index contributed by atoms with van der Waals surface area (Å²) in [5, 5.41) is 8.81. The number of fused-ring (bicyclic) bond motifs is 1. The molecule has 120 valence electrons. The summed E-state index contributed by atoms with van der Waals surface area (Å²) < 4.78 is 16.3. The van der Waals surface area contributed by atoms with Gasteiger partial charge < -0.3 is 4.57 Å². The number of nitriles is 1. The van der Waals surface area contributed by atoms with Gasteiger partial charge in [0.25, 0.3) is 0 Å². The molecule has 1 fully saturated rings. The number of aryl methyl sites for hydroxylation is 1. The molecule has 0 radical (unpaired) electrons. The highest BCUT2D eigenvalue weighted by Crippen LogP contribution is 2.29. The van der Waals surface area contributed by atoms with Crippen LogP contribution in [0.5, 0.6) is 0 Å². The van der Waals surface area contributed by atoms with Crippen LogP contribution in [0.15, 0.2) is 42.5 Å². The molecule has 0 bridgehead atoms. The molecular formula is C19H17FN4. The van der Waals surface area contributed by atoms with E-state index in [9.17, 15) is 4.39 Å². The fraction of sp³-hybridized carbons (Fsp3) is 0.263. The van der Waals surface area contributed by atoms with Crippen LogP contribution in [0.2, 0.25) is 0 Å². The van der Waals surface area contributed by atoms with Gasteiger partial charge in [-0.1, -0.05) is 18.2 Å².